The Kier molecular flexibility index (Phi) is 6.86. The van der Waals surface area contributed by atoms with Gasteiger partial charge in [-0.05, 0) is 25.8 Å². The van der Waals surface area contributed by atoms with E-state index in [0.717, 1.165) is 45.4 Å². The Morgan fingerprint density at radius 3 is 1.84 bits per heavy atom. The Morgan fingerprint density at radius 2 is 1.36 bits per heavy atom. The van der Waals surface area contributed by atoms with Gasteiger partial charge in [0.1, 0.15) is 5.78 Å². The highest BCUT2D eigenvalue weighted by molar-refractivity contribution is 5.79. The smallest absolute Gasteiger partial charge is 0.169 e. The molecule has 2 aliphatic carbocycles. The Morgan fingerprint density at radius 1 is 0.880 bits per heavy atom. The van der Waals surface area contributed by atoms with Crippen molar-refractivity contribution in [3.05, 3.63) is 0 Å². The molecule has 2 saturated carbocycles. The van der Waals surface area contributed by atoms with Gasteiger partial charge in [0.25, 0.3) is 0 Å². The first-order valence-corrected chi connectivity index (χ1v) is 9.96. The number of nitrogens with one attached hydrogen (secondary N) is 1. The highest BCUT2D eigenvalue weighted by Gasteiger charge is 2.40. The van der Waals surface area contributed by atoms with Gasteiger partial charge in [-0.3, -0.25) is 4.79 Å². The fourth-order valence-corrected chi connectivity index (χ4v) is 4.09. The van der Waals surface area contributed by atoms with E-state index in [9.17, 15) is 4.79 Å². The first-order valence-electron chi connectivity index (χ1n) is 9.96. The van der Waals surface area contributed by atoms with E-state index in [1.807, 2.05) is 0 Å². The number of hydrogen-bond acceptors (Lipinski definition) is 6. The van der Waals surface area contributed by atoms with Gasteiger partial charge >= 0.3 is 0 Å². The van der Waals surface area contributed by atoms with E-state index in [4.69, 9.17) is 18.9 Å². The van der Waals surface area contributed by atoms with Crippen molar-refractivity contribution in [1.29, 1.82) is 0 Å². The quantitative estimate of drug-likeness (QED) is 0.839. The molecular weight excluding hydrogens is 322 g/mol. The van der Waals surface area contributed by atoms with Crippen LogP contribution in [0.15, 0.2) is 0 Å². The van der Waals surface area contributed by atoms with Crippen LogP contribution in [0, 0.1) is 0 Å². The third kappa shape index (κ3) is 5.23. The second-order valence-corrected chi connectivity index (χ2v) is 7.48. The van der Waals surface area contributed by atoms with Crippen LogP contribution in [-0.4, -0.2) is 56.4 Å². The predicted molar refractivity (Wildman–Crippen MR) is 93.3 cm³/mol. The molecule has 4 aliphatic rings. The molecule has 0 unspecified atom stereocenters. The molecule has 4 fully saturated rings. The van der Waals surface area contributed by atoms with Gasteiger partial charge in [0.15, 0.2) is 11.6 Å². The van der Waals surface area contributed by atoms with Crippen LogP contribution in [0.2, 0.25) is 0 Å². The zero-order chi connectivity index (χ0) is 17.6. The van der Waals surface area contributed by atoms with Crippen molar-refractivity contribution in [3.8, 4) is 0 Å². The fourth-order valence-electron chi connectivity index (χ4n) is 4.09. The van der Waals surface area contributed by atoms with Crippen LogP contribution in [0.1, 0.15) is 64.7 Å². The summed E-state index contributed by atoms with van der Waals surface area (Å²) in [6.07, 6.45) is 8.50. The normalized spacial score (nSPS) is 28.3. The first-order chi connectivity index (χ1) is 12.2. The molecule has 2 spiro atoms. The minimum Gasteiger partial charge on any atom is -0.348 e. The highest BCUT2D eigenvalue weighted by atomic mass is 16.7. The van der Waals surface area contributed by atoms with Crippen LogP contribution in [0.5, 0.6) is 0 Å². The second-order valence-electron chi connectivity index (χ2n) is 7.48. The number of ether oxygens (including phenoxy) is 4. The summed E-state index contributed by atoms with van der Waals surface area (Å²) in [6, 6.07) is 0.688. The van der Waals surface area contributed by atoms with Gasteiger partial charge in [-0.15, -0.1) is 0 Å². The number of hydrogen-bond donors (Lipinski definition) is 1. The molecule has 0 aromatic carbocycles. The van der Waals surface area contributed by atoms with E-state index in [1.54, 1.807) is 0 Å². The molecule has 1 N–H and O–H groups in total. The number of carbonyl (C=O) groups is 1. The molecule has 2 heterocycles. The van der Waals surface area contributed by atoms with Gasteiger partial charge in [0.05, 0.1) is 26.4 Å². The standard InChI is InChI=1S/C11H21NO2.C8H12O3/c1-2-7-12-10-3-5-11(6-4-10)13-8-9-14-11;9-7-1-3-8(4-2-7)10-5-6-11-8/h10,12H,2-9H2,1H3;1-6H2. The maximum atomic E-state index is 10.9. The molecule has 6 heteroatoms. The zero-order valence-corrected chi connectivity index (χ0v) is 15.5. The lowest BCUT2D eigenvalue weighted by Crippen LogP contribution is -2.42. The zero-order valence-electron chi connectivity index (χ0n) is 15.5. The van der Waals surface area contributed by atoms with E-state index in [0.29, 0.717) is 37.9 Å². The topological polar surface area (TPSA) is 66.0 Å². The largest absolute Gasteiger partial charge is 0.348 e. The van der Waals surface area contributed by atoms with E-state index >= 15 is 0 Å². The maximum absolute atomic E-state index is 10.9. The number of Topliss-reactive ketones (excluding diaryl/α,β-unsaturated/α-hetero) is 1. The molecule has 4 rings (SSSR count). The van der Waals surface area contributed by atoms with E-state index < -0.39 is 0 Å². The van der Waals surface area contributed by atoms with Crippen LogP contribution in [0.25, 0.3) is 0 Å². The molecule has 6 nitrogen and oxygen atoms in total. The lowest BCUT2D eigenvalue weighted by atomic mass is 9.90. The first kappa shape index (κ1) is 19.2. The second kappa shape index (κ2) is 8.91. The van der Waals surface area contributed by atoms with Crippen molar-refractivity contribution in [2.24, 2.45) is 0 Å². The number of ketones is 1. The van der Waals surface area contributed by atoms with Gasteiger partial charge in [-0.1, -0.05) is 6.92 Å². The van der Waals surface area contributed by atoms with Gasteiger partial charge in [-0.25, -0.2) is 0 Å². The van der Waals surface area contributed by atoms with Crippen LogP contribution in [0.3, 0.4) is 0 Å². The summed E-state index contributed by atoms with van der Waals surface area (Å²) in [6.45, 7) is 6.29. The van der Waals surface area contributed by atoms with Crippen molar-refractivity contribution in [1.82, 2.24) is 5.32 Å². The minimum atomic E-state index is -0.367. The number of rotatable bonds is 3. The van der Waals surface area contributed by atoms with E-state index in [1.165, 1.54) is 19.3 Å². The Hall–Kier alpha value is -0.530. The average Bonchev–Trinajstić information content (AvgIpc) is 3.29. The van der Waals surface area contributed by atoms with Crippen molar-refractivity contribution in [2.45, 2.75) is 82.3 Å². The molecule has 0 bridgehead atoms. The Balaban J connectivity index is 0.000000150. The number of carbonyl (C=O) groups excluding carboxylic acids is 1. The highest BCUT2D eigenvalue weighted by Crippen LogP contribution is 2.36. The maximum Gasteiger partial charge on any atom is 0.169 e. The van der Waals surface area contributed by atoms with Crippen LogP contribution >= 0.6 is 0 Å². The van der Waals surface area contributed by atoms with Gasteiger partial charge in [0.2, 0.25) is 0 Å². The minimum absolute atomic E-state index is 0.190. The molecule has 0 aromatic rings. The molecule has 0 radical (unpaired) electrons. The third-order valence-electron chi connectivity index (χ3n) is 5.63. The summed E-state index contributed by atoms with van der Waals surface area (Å²) < 4.78 is 22.3. The van der Waals surface area contributed by atoms with E-state index in [2.05, 4.69) is 12.2 Å². The fraction of sp³-hybridized carbons (Fsp3) is 0.947. The Labute approximate surface area is 150 Å². The lowest BCUT2D eigenvalue weighted by molar-refractivity contribution is -0.179. The summed E-state index contributed by atoms with van der Waals surface area (Å²) in [4.78, 5) is 10.9. The van der Waals surface area contributed by atoms with Crippen LogP contribution in [-0.2, 0) is 23.7 Å². The molecule has 144 valence electrons. The monoisotopic (exact) mass is 355 g/mol. The average molecular weight is 355 g/mol. The third-order valence-corrected chi connectivity index (χ3v) is 5.63. The summed E-state index contributed by atoms with van der Waals surface area (Å²) in [5.41, 5.74) is 0. The predicted octanol–water partition coefficient (Wildman–Crippen LogP) is 2.54. The molecule has 0 amide bonds. The molecule has 25 heavy (non-hydrogen) atoms. The molecular formula is C19H33NO5. The van der Waals surface area contributed by atoms with Crippen molar-refractivity contribution in [3.63, 3.8) is 0 Å². The van der Waals surface area contributed by atoms with Crippen LogP contribution < -0.4 is 5.32 Å². The summed E-state index contributed by atoms with van der Waals surface area (Å²) >= 11 is 0. The summed E-state index contributed by atoms with van der Waals surface area (Å²) in [5, 5.41) is 3.57. The molecule has 0 aromatic heterocycles. The summed E-state index contributed by atoms with van der Waals surface area (Å²) in [7, 11) is 0. The van der Waals surface area contributed by atoms with Crippen molar-refractivity contribution < 1.29 is 23.7 Å². The van der Waals surface area contributed by atoms with Gasteiger partial charge in [-0.2, -0.15) is 0 Å². The van der Waals surface area contributed by atoms with Gasteiger partial charge in [0, 0.05) is 44.6 Å². The van der Waals surface area contributed by atoms with Crippen molar-refractivity contribution >= 4 is 5.78 Å². The Bertz CT molecular complexity index is 408. The lowest BCUT2D eigenvalue weighted by Gasteiger charge is -2.35. The SMILES string of the molecule is CCCNC1CCC2(CC1)OCCO2.O=C1CCC2(CC1)OCCO2. The molecule has 2 aliphatic heterocycles. The molecule has 2 saturated heterocycles. The van der Waals surface area contributed by atoms with Gasteiger partial charge < -0.3 is 24.3 Å². The summed E-state index contributed by atoms with van der Waals surface area (Å²) in [5.74, 6) is -0.215. The van der Waals surface area contributed by atoms with Crippen LogP contribution in [0.4, 0.5) is 0 Å². The molecule has 0 atom stereocenters. The van der Waals surface area contributed by atoms with Crippen molar-refractivity contribution in [2.75, 3.05) is 33.0 Å². The van der Waals surface area contributed by atoms with E-state index in [-0.39, 0.29) is 11.6 Å².